The number of aromatic amines is 1. The molecule has 1 aliphatic heterocycles. The first-order valence-corrected chi connectivity index (χ1v) is 11.3. The molecule has 0 bridgehead atoms. The quantitative estimate of drug-likeness (QED) is 0.391. The fourth-order valence-corrected chi connectivity index (χ4v) is 6.34. The molecule has 0 unspecified atom stereocenters. The molecule has 2 aromatic rings. The number of rotatable bonds is 5. The number of nitrogens with one attached hydrogen (secondary N) is 2. The van der Waals surface area contributed by atoms with Crippen LogP contribution in [0, 0.1) is 23.2 Å². The standard InChI is InChI=1S/C25H32N2O3/c1-15-4-3-8-25(2)12-23-19(11-21(15)25)20(24(29)30-23)14-26-9-7-16-13-27-22-6-5-17(28)10-18(16)22/h5-6,10,13,19-21,23,26-28H,1,3-4,7-9,11-12,14H2,2H3/t19-,20+,21-,23-,25-/m1/s1. The maximum Gasteiger partial charge on any atom is 0.310 e. The lowest BCUT2D eigenvalue weighted by Gasteiger charge is -2.50. The molecule has 30 heavy (non-hydrogen) atoms. The molecule has 1 aromatic heterocycles. The van der Waals surface area contributed by atoms with E-state index in [2.05, 4.69) is 23.8 Å². The first-order valence-electron chi connectivity index (χ1n) is 11.3. The van der Waals surface area contributed by atoms with Crippen LogP contribution in [0.3, 0.4) is 0 Å². The van der Waals surface area contributed by atoms with Crippen LogP contribution in [-0.4, -0.2) is 35.3 Å². The van der Waals surface area contributed by atoms with Crippen LogP contribution in [0.15, 0.2) is 36.5 Å². The van der Waals surface area contributed by atoms with Crippen molar-refractivity contribution in [3.8, 4) is 5.75 Å². The molecule has 1 aromatic carbocycles. The van der Waals surface area contributed by atoms with Crippen molar-refractivity contribution in [1.82, 2.24) is 10.3 Å². The Morgan fingerprint density at radius 3 is 3.13 bits per heavy atom. The topological polar surface area (TPSA) is 74.3 Å². The van der Waals surface area contributed by atoms with Gasteiger partial charge in [0.05, 0.1) is 5.92 Å². The predicted molar refractivity (Wildman–Crippen MR) is 117 cm³/mol. The molecule has 3 fully saturated rings. The van der Waals surface area contributed by atoms with Gasteiger partial charge in [0.1, 0.15) is 11.9 Å². The van der Waals surface area contributed by atoms with Gasteiger partial charge in [-0.1, -0.05) is 19.1 Å². The Bertz CT molecular complexity index is 980. The van der Waals surface area contributed by atoms with Gasteiger partial charge in [-0.15, -0.1) is 0 Å². The summed E-state index contributed by atoms with van der Waals surface area (Å²) in [6.07, 6.45) is 8.53. The van der Waals surface area contributed by atoms with E-state index in [1.165, 1.54) is 24.0 Å². The summed E-state index contributed by atoms with van der Waals surface area (Å²) in [5.74, 6) is 1.04. The molecule has 0 spiro atoms. The van der Waals surface area contributed by atoms with Crippen molar-refractivity contribution in [2.75, 3.05) is 13.1 Å². The second-order valence-corrected chi connectivity index (χ2v) is 9.90. The van der Waals surface area contributed by atoms with E-state index in [1.54, 1.807) is 12.1 Å². The molecule has 0 amide bonds. The zero-order chi connectivity index (χ0) is 20.9. The number of carbonyl (C=O) groups excluding carboxylic acids is 1. The largest absolute Gasteiger partial charge is 0.508 e. The Morgan fingerprint density at radius 1 is 1.40 bits per heavy atom. The van der Waals surface area contributed by atoms with E-state index >= 15 is 0 Å². The van der Waals surface area contributed by atoms with Crippen molar-refractivity contribution in [3.63, 3.8) is 0 Å². The lowest BCUT2D eigenvalue weighted by molar-refractivity contribution is -0.146. The summed E-state index contributed by atoms with van der Waals surface area (Å²) in [4.78, 5) is 15.9. The molecular formula is C25H32N2O3. The van der Waals surface area contributed by atoms with Gasteiger partial charge in [-0.05, 0) is 80.2 Å². The number of benzene rings is 1. The second kappa shape index (κ2) is 7.45. The smallest absolute Gasteiger partial charge is 0.310 e. The van der Waals surface area contributed by atoms with E-state index in [9.17, 15) is 9.90 Å². The number of esters is 1. The van der Waals surface area contributed by atoms with E-state index in [-0.39, 0.29) is 29.2 Å². The van der Waals surface area contributed by atoms with Crippen LogP contribution >= 0.6 is 0 Å². The van der Waals surface area contributed by atoms with E-state index in [1.807, 2.05) is 12.3 Å². The highest BCUT2D eigenvalue weighted by molar-refractivity contribution is 5.84. The van der Waals surface area contributed by atoms with Crippen LogP contribution in [0.1, 0.15) is 44.6 Å². The van der Waals surface area contributed by atoms with E-state index in [4.69, 9.17) is 4.74 Å². The van der Waals surface area contributed by atoms with Crippen molar-refractivity contribution in [2.24, 2.45) is 23.2 Å². The fraction of sp³-hybridized carbons (Fsp3) is 0.560. The number of carbonyl (C=O) groups is 1. The number of phenolic OH excluding ortho intramolecular Hbond substituents is 1. The minimum atomic E-state index is -0.0544. The van der Waals surface area contributed by atoms with Gasteiger partial charge in [-0.25, -0.2) is 0 Å². The SMILES string of the molecule is C=C1CCC[C@]2(C)C[C@H]3OC(=O)[C@@H](CNCCc4c[nH]c5ccc(O)cc45)[C@H]3C[C@H]12. The average molecular weight is 409 g/mol. The van der Waals surface area contributed by atoms with Crippen molar-refractivity contribution in [3.05, 3.63) is 42.1 Å². The van der Waals surface area contributed by atoms with Crippen LogP contribution in [0.5, 0.6) is 5.75 Å². The zero-order valence-corrected chi connectivity index (χ0v) is 17.7. The maximum absolute atomic E-state index is 12.6. The van der Waals surface area contributed by atoms with Gasteiger partial charge in [0.15, 0.2) is 0 Å². The van der Waals surface area contributed by atoms with Crippen molar-refractivity contribution < 1.29 is 14.6 Å². The summed E-state index contributed by atoms with van der Waals surface area (Å²) in [7, 11) is 0. The Labute approximate surface area is 177 Å². The number of aromatic hydroxyl groups is 1. The minimum Gasteiger partial charge on any atom is -0.508 e. The van der Waals surface area contributed by atoms with Gasteiger partial charge in [0, 0.05) is 29.6 Å². The molecule has 2 saturated carbocycles. The Hall–Kier alpha value is -2.27. The summed E-state index contributed by atoms with van der Waals surface area (Å²) < 4.78 is 5.86. The highest BCUT2D eigenvalue weighted by atomic mass is 16.6. The van der Waals surface area contributed by atoms with E-state index in [0.717, 1.165) is 43.1 Å². The Kier molecular flexibility index (Phi) is 4.89. The minimum absolute atomic E-state index is 0.0256. The highest BCUT2D eigenvalue weighted by Crippen LogP contribution is 2.56. The summed E-state index contributed by atoms with van der Waals surface area (Å²) in [6.45, 7) is 8.21. The third-order valence-electron chi connectivity index (χ3n) is 8.01. The van der Waals surface area contributed by atoms with E-state index in [0.29, 0.717) is 18.4 Å². The normalized spacial score (nSPS) is 33.4. The lowest BCUT2D eigenvalue weighted by Crippen LogP contribution is -2.45. The number of fused-ring (bicyclic) bond motifs is 3. The molecule has 160 valence electrons. The Balaban J connectivity index is 1.21. The third kappa shape index (κ3) is 3.33. The number of aromatic nitrogens is 1. The van der Waals surface area contributed by atoms with Crippen molar-refractivity contribution in [2.45, 2.75) is 51.6 Å². The molecule has 0 radical (unpaired) electrons. The molecule has 2 heterocycles. The molecule has 5 rings (SSSR count). The van der Waals surface area contributed by atoms with E-state index < -0.39 is 0 Å². The van der Waals surface area contributed by atoms with Crippen LogP contribution in [0.25, 0.3) is 10.9 Å². The first kappa shape index (κ1) is 19.7. The van der Waals surface area contributed by atoms with Crippen LogP contribution in [-0.2, 0) is 16.0 Å². The molecule has 3 aliphatic rings. The highest BCUT2D eigenvalue weighted by Gasteiger charge is 2.54. The lowest BCUT2D eigenvalue weighted by atomic mass is 9.55. The van der Waals surface area contributed by atoms with Crippen LogP contribution in [0.2, 0.25) is 0 Å². The van der Waals surface area contributed by atoms with Crippen LogP contribution in [0.4, 0.5) is 0 Å². The zero-order valence-electron chi connectivity index (χ0n) is 17.7. The van der Waals surface area contributed by atoms with Gasteiger partial charge >= 0.3 is 5.97 Å². The molecule has 5 nitrogen and oxygen atoms in total. The van der Waals surface area contributed by atoms with Crippen molar-refractivity contribution >= 4 is 16.9 Å². The molecule has 3 N–H and O–H groups in total. The number of H-pyrrole nitrogens is 1. The summed E-state index contributed by atoms with van der Waals surface area (Å²) in [5.41, 5.74) is 3.84. The monoisotopic (exact) mass is 408 g/mol. The number of allylic oxidation sites excluding steroid dienone is 1. The third-order valence-corrected chi connectivity index (χ3v) is 8.01. The molecule has 1 saturated heterocycles. The summed E-state index contributed by atoms with van der Waals surface area (Å²) >= 11 is 0. The van der Waals surface area contributed by atoms with Gasteiger partial charge < -0.3 is 20.1 Å². The molecule has 5 heteroatoms. The molecule has 5 atom stereocenters. The average Bonchev–Trinajstić information content (AvgIpc) is 3.23. The van der Waals surface area contributed by atoms with Gasteiger partial charge in [0.2, 0.25) is 0 Å². The second-order valence-electron chi connectivity index (χ2n) is 9.90. The number of ether oxygens (including phenoxy) is 1. The first-order chi connectivity index (χ1) is 14.4. The summed E-state index contributed by atoms with van der Waals surface area (Å²) in [5, 5.41) is 14.3. The maximum atomic E-state index is 12.6. The summed E-state index contributed by atoms with van der Waals surface area (Å²) in [6, 6.07) is 5.39. The predicted octanol–water partition coefficient (Wildman–Crippen LogP) is 4.32. The van der Waals surface area contributed by atoms with Crippen molar-refractivity contribution in [1.29, 1.82) is 0 Å². The Morgan fingerprint density at radius 2 is 2.27 bits per heavy atom. The van der Waals surface area contributed by atoms with Gasteiger partial charge in [0.25, 0.3) is 0 Å². The molecule has 2 aliphatic carbocycles. The number of phenols is 1. The van der Waals surface area contributed by atoms with Gasteiger partial charge in [-0.2, -0.15) is 0 Å². The number of hydrogen-bond acceptors (Lipinski definition) is 4. The van der Waals surface area contributed by atoms with Gasteiger partial charge in [-0.3, -0.25) is 4.79 Å². The van der Waals surface area contributed by atoms with Crippen LogP contribution < -0.4 is 5.32 Å². The number of hydrogen-bond donors (Lipinski definition) is 3. The molecular weight excluding hydrogens is 376 g/mol. The fourth-order valence-electron chi connectivity index (χ4n) is 6.34.